The van der Waals surface area contributed by atoms with E-state index in [1.165, 1.54) is 21.5 Å². The van der Waals surface area contributed by atoms with Crippen LogP contribution in [0.15, 0.2) is 157 Å². The second-order valence-electron chi connectivity index (χ2n) is 10.9. The molecule has 8 rings (SSSR count). The van der Waals surface area contributed by atoms with Crippen molar-refractivity contribution >= 4 is 44.6 Å². The number of hydrogen-bond donors (Lipinski definition) is 2. The molecule has 6 aromatic rings. The Bertz CT molecular complexity index is 2130. The van der Waals surface area contributed by atoms with Gasteiger partial charge < -0.3 is 10.7 Å². The smallest absolute Gasteiger partial charge is 0.0715 e. The molecule has 1 aliphatic heterocycles. The third-order valence-electron chi connectivity index (χ3n) is 8.21. The van der Waals surface area contributed by atoms with E-state index in [0.717, 1.165) is 56.2 Å². The molecule has 1 aliphatic carbocycles. The lowest BCUT2D eigenvalue weighted by Crippen LogP contribution is -2.14. The predicted molar refractivity (Wildman–Crippen MR) is 181 cm³/mol. The molecule has 0 amide bonds. The number of nitrogens with one attached hydrogen (secondary N) is 2. The van der Waals surface area contributed by atoms with E-state index in [0.29, 0.717) is 5.71 Å². The molecule has 2 aliphatic rings. The van der Waals surface area contributed by atoms with E-state index in [1.54, 1.807) is 0 Å². The quantitative estimate of drug-likeness (QED) is 0.231. The number of fused-ring (bicyclic) bond motifs is 3. The number of anilines is 1. The molecule has 43 heavy (non-hydrogen) atoms. The van der Waals surface area contributed by atoms with E-state index < -0.39 is 0 Å². The summed E-state index contributed by atoms with van der Waals surface area (Å²) in [5, 5.41) is 17.2. The number of aromatic nitrogens is 1. The maximum Gasteiger partial charge on any atom is 0.0715 e. The highest BCUT2D eigenvalue weighted by Crippen LogP contribution is 2.40. The fourth-order valence-corrected chi connectivity index (χ4v) is 5.99. The Morgan fingerprint density at radius 2 is 1.12 bits per heavy atom. The van der Waals surface area contributed by atoms with Gasteiger partial charge in [0.25, 0.3) is 0 Å². The van der Waals surface area contributed by atoms with Crippen LogP contribution in [0.1, 0.15) is 11.1 Å². The van der Waals surface area contributed by atoms with Gasteiger partial charge in [0.2, 0.25) is 0 Å². The van der Waals surface area contributed by atoms with Gasteiger partial charge in [0, 0.05) is 28.0 Å². The number of rotatable bonds is 3. The molecule has 1 aromatic heterocycles. The number of para-hydroxylation sites is 1. The Balaban J connectivity index is 1.38. The molecule has 0 radical (unpaired) electrons. The largest absolute Gasteiger partial charge is 0.354 e. The van der Waals surface area contributed by atoms with Crippen LogP contribution in [-0.4, -0.2) is 10.7 Å². The molecular weight excluding hydrogens is 522 g/mol. The highest BCUT2D eigenvalue weighted by Gasteiger charge is 2.22. The first-order valence-electron chi connectivity index (χ1n) is 14.5. The van der Waals surface area contributed by atoms with E-state index in [4.69, 9.17) is 10.4 Å². The average Bonchev–Trinajstić information content (AvgIpc) is 3.07. The van der Waals surface area contributed by atoms with Gasteiger partial charge in [-0.2, -0.15) is 0 Å². The maximum atomic E-state index is 8.75. The second kappa shape index (κ2) is 10.2. The molecule has 2 heterocycles. The summed E-state index contributed by atoms with van der Waals surface area (Å²) in [4.78, 5) is 5.25. The predicted octanol–water partition coefficient (Wildman–Crippen LogP) is 10.1. The normalized spacial score (nSPS) is 15.8. The number of benzene rings is 5. The van der Waals surface area contributed by atoms with Crippen molar-refractivity contribution in [2.45, 2.75) is 0 Å². The number of nitrogens with zero attached hydrogens (tertiary/aromatic N) is 1. The van der Waals surface area contributed by atoms with Crippen molar-refractivity contribution < 1.29 is 0 Å². The summed E-state index contributed by atoms with van der Waals surface area (Å²) in [6.07, 6.45) is 10.00. The lowest BCUT2D eigenvalue weighted by atomic mass is 9.89. The maximum absolute atomic E-state index is 8.75. The van der Waals surface area contributed by atoms with Crippen molar-refractivity contribution in [2.75, 3.05) is 5.32 Å². The van der Waals surface area contributed by atoms with Crippen LogP contribution < -0.4 is 5.32 Å². The molecule has 5 aromatic carbocycles. The van der Waals surface area contributed by atoms with Gasteiger partial charge in [-0.3, -0.25) is 0 Å². The molecule has 0 spiro atoms. The van der Waals surface area contributed by atoms with Crippen molar-refractivity contribution in [3.05, 3.63) is 168 Å². The second-order valence-corrected chi connectivity index (χ2v) is 10.9. The molecule has 0 fully saturated rings. The van der Waals surface area contributed by atoms with Gasteiger partial charge in [-0.05, 0) is 75.2 Å². The van der Waals surface area contributed by atoms with Gasteiger partial charge >= 0.3 is 0 Å². The minimum Gasteiger partial charge on any atom is -0.354 e. The Labute approximate surface area is 250 Å². The van der Waals surface area contributed by atoms with E-state index in [9.17, 15) is 0 Å². The fraction of sp³-hybridized carbons (Fsp3) is 0. The third-order valence-corrected chi connectivity index (χ3v) is 8.21. The van der Waals surface area contributed by atoms with Crippen LogP contribution in [0.2, 0.25) is 0 Å². The lowest BCUT2D eigenvalue weighted by molar-refractivity contribution is 1.31. The Kier molecular flexibility index (Phi) is 5.94. The number of allylic oxidation sites excluding steroid dienone is 6. The Hall–Kier alpha value is -5.80. The van der Waals surface area contributed by atoms with Gasteiger partial charge in [0.05, 0.1) is 22.8 Å². The summed E-state index contributed by atoms with van der Waals surface area (Å²) in [5.74, 6) is 0. The van der Waals surface area contributed by atoms with E-state index in [2.05, 4.69) is 127 Å². The summed E-state index contributed by atoms with van der Waals surface area (Å²) >= 11 is 0. The highest BCUT2D eigenvalue weighted by atomic mass is 14.9. The van der Waals surface area contributed by atoms with Gasteiger partial charge in [-0.1, -0.05) is 109 Å². The Morgan fingerprint density at radius 1 is 0.535 bits per heavy atom. The van der Waals surface area contributed by atoms with E-state index >= 15 is 0 Å². The summed E-state index contributed by atoms with van der Waals surface area (Å²) in [6, 6.07) is 42.6. The zero-order valence-electron chi connectivity index (χ0n) is 23.4. The molecule has 3 nitrogen and oxygen atoms in total. The van der Waals surface area contributed by atoms with Crippen LogP contribution in [0.5, 0.6) is 0 Å². The fourth-order valence-electron chi connectivity index (χ4n) is 5.99. The molecular formula is C40H27N3. The zero-order chi connectivity index (χ0) is 28.8. The zero-order valence-corrected chi connectivity index (χ0v) is 23.4. The van der Waals surface area contributed by atoms with Crippen LogP contribution in [0.3, 0.4) is 0 Å². The van der Waals surface area contributed by atoms with Gasteiger partial charge in [-0.25, -0.2) is 4.98 Å². The van der Waals surface area contributed by atoms with Crippen molar-refractivity contribution in [2.24, 2.45) is 0 Å². The topological polar surface area (TPSA) is 48.8 Å². The third kappa shape index (κ3) is 4.58. The van der Waals surface area contributed by atoms with Crippen LogP contribution in [0, 0.1) is 5.41 Å². The van der Waals surface area contributed by atoms with E-state index in [-0.39, 0.29) is 0 Å². The van der Waals surface area contributed by atoms with Crippen LogP contribution in [-0.2, 0) is 0 Å². The van der Waals surface area contributed by atoms with Gasteiger partial charge in [-0.15, -0.1) is 0 Å². The van der Waals surface area contributed by atoms with Gasteiger partial charge in [0.15, 0.2) is 0 Å². The molecule has 202 valence electrons. The standard InChI is InChI=1S/C40H27N3/c41-36-15-7-6-14-34(36)40-35(23-30-13-5-8-16-37(30)43-40)33-24-38(31-19-17-26-9-1-3-11-28(26)21-31)42-39(25-33)32-20-18-27-10-2-4-12-29(27)22-32/h1-25,41,43H/b40-34-,41-36?. The van der Waals surface area contributed by atoms with Crippen LogP contribution in [0.4, 0.5) is 5.69 Å². The molecule has 2 N–H and O–H groups in total. The van der Waals surface area contributed by atoms with E-state index in [1.807, 2.05) is 30.4 Å². The summed E-state index contributed by atoms with van der Waals surface area (Å²) in [6.45, 7) is 0. The molecule has 0 bridgehead atoms. The SMILES string of the molecule is N=C1C=CC=C/C1=C1/Nc2ccccc2C=C1c1cc(-c2ccc3ccccc3c2)nc(-c2ccc3ccccc3c2)c1. The molecule has 0 unspecified atom stereocenters. The van der Waals surface area contributed by atoms with Crippen molar-refractivity contribution in [1.29, 1.82) is 5.41 Å². The highest BCUT2D eigenvalue weighted by molar-refractivity contribution is 6.14. The summed E-state index contributed by atoms with van der Waals surface area (Å²) in [5.41, 5.74) is 10.4. The molecule has 0 saturated carbocycles. The monoisotopic (exact) mass is 549 g/mol. The first kappa shape index (κ1) is 25.0. The molecule has 0 atom stereocenters. The lowest BCUT2D eigenvalue weighted by Gasteiger charge is -2.25. The summed E-state index contributed by atoms with van der Waals surface area (Å²) in [7, 11) is 0. The number of hydrogen-bond acceptors (Lipinski definition) is 3. The minimum atomic E-state index is 0.480. The average molecular weight is 550 g/mol. The van der Waals surface area contributed by atoms with Crippen LogP contribution >= 0.6 is 0 Å². The first-order valence-corrected chi connectivity index (χ1v) is 14.5. The Morgan fingerprint density at radius 3 is 1.77 bits per heavy atom. The number of pyridine rings is 1. The minimum absolute atomic E-state index is 0.480. The summed E-state index contributed by atoms with van der Waals surface area (Å²) < 4.78 is 0. The van der Waals surface area contributed by atoms with Crippen molar-refractivity contribution in [3.8, 4) is 22.5 Å². The first-order chi connectivity index (χ1) is 21.2. The molecule has 0 saturated heterocycles. The van der Waals surface area contributed by atoms with Crippen molar-refractivity contribution in [1.82, 2.24) is 4.98 Å². The van der Waals surface area contributed by atoms with Crippen molar-refractivity contribution in [3.63, 3.8) is 0 Å². The van der Waals surface area contributed by atoms with Gasteiger partial charge in [0.1, 0.15) is 0 Å². The van der Waals surface area contributed by atoms with Crippen LogP contribution in [0.25, 0.3) is 55.7 Å². The molecule has 3 heteroatoms.